The second kappa shape index (κ2) is 9.22. The molecule has 1 amide bonds. The number of carbonyl (C=O) groups is 1. The minimum absolute atomic E-state index is 0.219. The number of nitrogens with one attached hydrogen (secondary N) is 2. The van der Waals surface area contributed by atoms with Crippen LogP contribution in [-0.2, 0) is 16.8 Å². The molecule has 0 bridgehead atoms. The molecule has 29 heavy (non-hydrogen) atoms. The van der Waals surface area contributed by atoms with Gasteiger partial charge < -0.3 is 10.3 Å². The van der Waals surface area contributed by atoms with Crippen LogP contribution in [0.25, 0.3) is 4.91 Å². The predicted octanol–water partition coefficient (Wildman–Crippen LogP) is 4.44. The smallest absolute Gasteiger partial charge is 0.254 e. The number of hydrogen-bond acceptors (Lipinski definition) is 4. The number of hydrogen-bond donors (Lipinski definition) is 2. The second-order valence-corrected chi connectivity index (χ2v) is 8.50. The zero-order valence-electron chi connectivity index (χ0n) is 17.4. The molecule has 7 heteroatoms. The number of aromatic amines is 1. The van der Waals surface area contributed by atoms with E-state index in [1.807, 2.05) is 13.0 Å². The van der Waals surface area contributed by atoms with Gasteiger partial charge >= 0.3 is 0 Å². The monoisotopic (exact) mass is 415 g/mol. The number of allylic oxidation sites excluding steroid dienone is 2. The van der Waals surface area contributed by atoms with E-state index in [1.54, 1.807) is 32.9 Å². The van der Waals surface area contributed by atoms with E-state index in [0.29, 0.717) is 28.4 Å². The van der Waals surface area contributed by atoms with Gasteiger partial charge in [-0.15, -0.1) is 0 Å². The molecular formula is C22H26FN3O2S. The van der Waals surface area contributed by atoms with Gasteiger partial charge in [-0.25, -0.2) is 9.37 Å². The summed E-state index contributed by atoms with van der Waals surface area (Å²) in [5, 5.41) is 2.79. The Morgan fingerprint density at radius 1 is 1.34 bits per heavy atom. The van der Waals surface area contributed by atoms with Gasteiger partial charge in [0.05, 0.1) is 11.2 Å². The number of carbonyl (C=O) groups excluding carboxylic acids is 1. The molecule has 0 aliphatic heterocycles. The zero-order valence-corrected chi connectivity index (χ0v) is 18.2. The number of benzene rings is 1. The number of halogens is 1. The molecule has 0 aliphatic carbocycles. The van der Waals surface area contributed by atoms with Gasteiger partial charge in [-0.1, -0.05) is 36.5 Å². The van der Waals surface area contributed by atoms with Crippen molar-refractivity contribution >= 4 is 22.6 Å². The fraction of sp³-hybridized carbons (Fsp3) is 0.318. The molecule has 0 unspecified atom stereocenters. The summed E-state index contributed by atoms with van der Waals surface area (Å²) < 4.78 is 13.1. The third kappa shape index (κ3) is 5.90. The first kappa shape index (κ1) is 22.6. The normalized spacial score (nSPS) is 12.0. The van der Waals surface area contributed by atoms with E-state index in [-0.39, 0.29) is 17.3 Å². The minimum Gasteiger partial charge on any atom is -0.344 e. The quantitative estimate of drug-likeness (QED) is 0.701. The van der Waals surface area contributed by atoms with Crippen molar-refractivity contribution in [2.45, 2.75) is 46.6 Å². The zero-order chi connectivity index (χ0) is 21.8. The number of rotatable bonds is 7. The maximum Gasteiger partial charge on any atom is 0.254 e. The fourth-order valence-electron chi connectivity index (χ4n) is 2.81. The molecule has 0 aliphatic rings. The first-order chi connectivity index (χ1) is 13.5. The van der Waals surface area contributed by atoms with Crippen LogP contribution in [0.1, 0.15) is 50.3 Å². The summed E-state index contributed by atoms with van der Waals surface area (Å²) in [7, 11) is 0. The first-order valence-corrected chi connectivity index (χ1v) is 10.0. The summed E-state index contributed by atoms with van der Waals surface area (Å²) in [6, 6.07) is 6.35. The van der Waals surface area contributed by atoms with Gasteiger partial charge in [-0.05, 0) is 50.3 Å². The SMILES string of the molecule is C=C(S/C(=C\C)Cc1ccc(F)cc1)c1nc(C(C)(C)NC(C)=O)[nH]c(=O)c1C. The van der Waals surface area contributed by atoms with Gasteiger partial charge in [0.15, 0.2) is 0 Å². The molecule has 2 aromatic rings. The molecule has 0 atom stereocenters. The lowest BCUT2D eigenvalue weighted by Gasteiger charge is -2.25. The minimum atomic E-state index is -0.837. The molecule has 0 radical (unpaired) electrons. The molecule has 5 nitrogen and oxygen atoms in total. The molecule has 0 saturated heterocycles. The molecular weight excluding hydrogens is 389 g/mol. The van der Waals surface area contributed by atoms with Crippen LogP contribution in [0, 0.1) is 12.7 Å². The number of amides is 1. The molecule has 0 saturated carbocycles. The average molecular weight is 416 g/mol. The van der Waals surface area contributed by atoms with Gasteiger partial charge in [-0.2, -0.15) is 0 Å². The Balaban J connectivity index is 2.30. The standard InChI is InChI=1S/C22H26FN3O2S/c1-7-18(12-16-8-10-17(23)11-9-16)29-14(3)19-13(2)20(28)25-21(24-19)22(5,6)26-15(4)27/h7-11H,3,12H2,1-2,4-6H3,(H,26,27)(H,24,25,28)/b18-7-. The Kier molecular flexibility index (Phi) is 7.19. The molecule has 0 fully saturated rings. The van der Waals surface area contributed by atoms with Gasteiger partial charge in [0.2, 0.25) is 5.91 Å². The molecule has 0 spiro atoms. The van der Waals surface area contributed by atoms with Crippen molar-refractivity contribution in [2.75, 3.05) is 0 Å². The summed E-state index contributed by atoms with van der Waals surface area (Å²) >= 11 is 1.42. The van der Waals surface area contributed by atoms with Crippen molar-refractivity contribution in [3.8, 4) is 0 Å². The molecule has 2 rings (SSSR count). The van der Waals surface area contributed by atoms with Gasteiger partial charge in [0.1, 0.15) is 11.6 Å². The third-order valence-electron chi connectivity index (χ3n) is 4.36. The Bertz CT molecular complexity index is 1010. The van der Waals surface area contributed by atoms with Crippen molar-refractivity contribution in [2.24, 2.45) is 0 Å². The molecule has 154 valence electrons. The van der Waals surface area contributed by atoms with Gasteiger partial charge in [0.25, 0.3) is 5.56 Å². The van der Waals surface area contributed by atoms with E-state index in [9.17, 15) is 14.0 Å². The predicted molar refractivity (Wildman–Crippen MR) is 117 cm³/mol. The Labute approximate surface area is 174 Å². The van der Waals surface area contributed by atoms with Crippen LogP contribution in [0.3, 0.4) is 0 Å². The highest BCUT2D eigenvalue weighted by Crippen LogP contribution is 2.34. The van der Waals surface area contributed by atoms with Crippen LogP contribution >= 0.6 is 11.8 Å². The lowest BCUT2D eigenvalue weighted by molar-refractivity contribution is -0.120. The number of H-pyrrole nitrogens is 1. The van der Waals surface area contributed by atoms with E-state index < -0.39 is 5.54 Å². The number of nitrogens with zero attached hydrogens (tertiary/aromatic N) is 1. The fourth-order valence-corrected chi connectivity index (χ4v) is 3.77. The summed E-state index contributed by atoms with van der Waals surface area (Å²) in [5.74, 6) is -0.130. The van der Waals surface area contributed by atoms with Crippen molar-refractivity contribution < 1.29 is 9.18 Å². The summed E-state index contributed by atoms with van der Waals surface area (Å²) in [6.07, 6.45) is 2.58. The van der Waals surface area contributed by atoms with E-state index in [2.05, 4.69) is 21.9 Å². The summed E-state index contributed by atoms with van der Waals surface area (Å²) in [4.78, 5) is 32.9. The number of aromatic nitrogens is 2. The second-order valence-electron chi connectivity index (χ2n) is 7.28. The summed E-state index contributed by atoms with van der Waals surface area (Å²) in [5.41, 5.74) is 0.817. The van der Waals surface area contributed by atoms with Crippen LogP contribution in [0.15, 0.2) is 46.6 Å². The first-order valence-electron chi connectivity index (χ1n) is 9.20. The van der Waals surface area contributed by atoms with E-state index >= 15 is 0 Å². The lowest BCUT2D eigenvalue weighted by atomic mass is 10.0. The van der Waals surface area contributed by atoms with Crippen LogP contribution in [0.2, 0.25) is 0 Å². The van der Waals surface area contributed by atoms with Crippen LogP contribution in [0.4, 0.5) is 4.39 Å². The van der Waals surface area contributed by atoms with Crippen LogP contribution in [0.5, 0.6) is 0 Å². The van der Waals surface area contributed by atoms with E-state index in [0.717, 1.165) is 10.5 Å². The third-order valence-corrected chi connectivity index (χ3v) is 5.45. The van der Waals surface area contributed by atoms with Crippen molar-refractivity contribution in [1.29, 1.82) is 0 Å². The number of thioether (sulfide) groups is 1. The highest BCUT2D eigenvalue weighted by Gasteiger charge is 2.26. The molecule has 1 heterocycles. The van der Waals surface area contributed by atoms with Crippen molar-refractivity contribution in [3.05, 3.63) is 80.6 Å². The van der Waals surface area contributed by atoms with Crippen LogP contribution < -0.4 is 10.9 Å². The Morgan fingerprint density at radius 3 is 2.52 bits per heavy atom. The highest BCUT2D eigenvalue weighted by molar-refractivity contribution is 8.11. The van der Waals surface area contributed by atoms with Crippen LogP contribution in [-0.4, -0.2) is 15.9 Å². The Hall–Kier alpha value is -2.67. The topological polar surface area (TPSA) is 74.8 Å². The highest BCUT2D eigenvalue weighted by atomic mass is 32.2. The largest absolute Gasteiger partial charge is 0.344 e. The average Bonchev–Trinajstić information content (AvgIpc) is 2.63. The maximum absolute atomic E-state index is 13.1. The maximum atomic E-state index is 13.1. The van der Waals surface area contributed by atoms with Gasteiger partial charge in [-0.3, -0.25) is 9.59 Å². The van der Waals surface area contributed by atoms with Gasteiger partial charge in [0, 0.05) is 23.8 Å². The van der Waals surface area contributed by atoms with E-state index in [1.165, 1.54) is 30.8 Å². The van der Waals surface area contributed by atoms with Crippen molar-refractivity contribution in [3.63, 3.8) is 0 Å². The molecule has 1 aromatic heterocycles. The Morgan fingerprint density at radius 2 is 1.97 bits per heavy atom. The van der Waals surface area contributed by atoms with Crippen molar-refractivity contribution in [1.82, 2.24) is 15.3 Å². The molecule has 1 aromatic carbocycles. The van der Waals surface area contributed by atoms with E-state index in [4.69, 9.17) is 0 Å². The lowest BCUT2D eigenvalue weighted by Crippen LogP contribution is -2.42. The summed E-state index contributed by atoms with van der Waals surface area (Å²) in [6.45, 7) is 12.7. The molecule has 2 N–H and O–H groups in total.